The zero-order valence-electron chi connectivity index (χ0n) is 10.3. The summed E-state index contributed by atoms with van der Waals surface area (Å²) in [5, 5.41) is 0.272. The molecule has 0 bridgehead atoms. The SMILES string of the molecule is O=C(c1cnc(Cl)cn1)N1CCCC2(C1)OCCO2. The number of hydrogen-bond acceptors (Lipinski definition) is 5. The lowest BCUT2D eigenvalue weighted by atomic mass is 10.0. The number of carbonyl (C=O) groups excluding carboxylic acids is 1. The molecule has 0 aliphatic carbocycles. The molecule has 1 amide bonds. The van der Waals surface area contributed by atoms with Crippen LogP contribution in [0.1, 0.15) is 23.3 Å². The second-order valence-electron chi connectivity index (χ2n) is 4.66. The van der Waals surface area contributed by atoms with Gasteiger partial charge in [-0.05, 0) is 6.42 Å². The molecule has 3 rings (SSSR count). The number of hydrogen-bond donors (Lipinski definition) is 0. The third kappa shape index (κ3) is 2.56. The van der Waals surface area contributed by atoms with E-state index in [0.717, 1.165) is 12.8 Å². The molecule has 0 N–H and O–H groups in total. The average Bonchev–Trinajstić information content (AvgIpc) is 2.87. The number of amides is 1. The van der Waals surface area contributed by atoms with Crippen LogP contribution in [-0.4, -0.2) is 52.9 Å². The molecular formula is C12H14ClN3O3. The average molecular weight is 284 g/mol. The first-order chi connectivity index (χ1) is 9.19. The minimum absolute atomic E-state index is 0.164. The van der Waals surface area contributed by atoms with Gasteiger partial charge in [0.2, 0.25) is 0 Å². The summed E-state index contributed by atoms with van der Waals surface area (Å²) < 4.78 is 11.3. The number of aromatic nitrogens is 2. The Morgan fingerprint density at radius 3 is 2.79 bits per heavy atom. The van der Waals surface area contributed by atoms with E-state index in [9.17, 15) is 4.79 Å². The van der Waals surface area contributed by atoms with Crippen molar-refractivity contribution in [2.24, 2.45) is 0 Å². The van der Waals surface area contributed by atoms with E-state index in [-0.39, 0.29) is 11.1 Å². The molecule has 2 fully saturated rings. The fourth-order valence-corrected chi connectivity index (χ4v) is 2.58. The van der Waals surface area contributed by atoms with Crippen molar-refractivity contribution in [2.45, 2.75) is 18.6 Å². The van der Waals surface area contributed by atoms with Crippen LogP contribution in [0.2, 0.25) is 5.15 Å². The van der Waals surface area contributed by atoms with Crippen LogP contribution in [-0.2, 0) is 9.47 Å². The first-order valence-corrected chi connectivity index (χ1v) is 6.61. The number of halogens is 1. The van der Waals surface area contributed by atoms with E-state index in [4.69, 9.17) is 21.1 Å². The first-order valence-electron chi connectivity index (χ1n) is 6.23. The fraction of sp³-hybridized carbons (Fsp3) is 0.583. The van der Waals surface area contributed by atoms with Crippen molar-refractivity contribution in [1.82, 2.24) is 14.9 Å². The molecule has 102 valence electrons. The Hall–Kier alpha value is -1.24. The summed E-state index contributed by atoms with van der Waals surface area (Å²) in [7, 11) is 0. The molecule has 0 atom stereocenters. The standard InChI is InChI=1S/C12H14ClN3O3/c13-10-7-14-9(6-15-10)11(17)16-3-1-2-12(8-16)18-4-5-19-12/h6-7H,1-5,8H2. The second kappa shape index (κ2) is 5.03. The summed E-state index contributed by atoms with van der Waals surface area (Å²) in [6, 6.07) is 0. The zero-order valence-corrected chi connectivity index (χ0v) is 11.1. The largest absolute Gasteiger partial charge is 0.346 e. The maximum Gasteiger partial charge on any atom is 0.274 e. The van der Waals surface area contributed by atoms with E-state index in [1.54, 1.807) is 4.90 Å². The molecule has 2 saturated heterocycles. The minimum Gasteiger partial charge on any atom is -0.346 e. The van der Waals surface area contributed by atoms with Gasteiger partial charge in [0.1, 0.15) is 10.8 Å². The van der Waals surface area contributed by atoms with E-state index < -0.39 is 5.79 Å². The maximum atomic E-state index is 12.3. The predicted octanol–water partition coefficient (Wildman–Crippen LogP) is 1.11. The van der Waals surface area contributed by atoms with E-state index >= 15 is 0 Å². The number of carbonyl (C=O) groups is 1. The zero-order chi connectivity index (χ0) is 13.3. The van der Waals surface area contributed by atoms with Crippen LogP contribution >= 0.6 is 11.6 Å². The summed E-state index contributed by atoms with van der Waals surface area (Å²) in [5.41, 5.74) is 0.291. The third-order valence-corrected chi connectivity index (χ3v) is 3.55. The number of rotatable bonds is 1. The van der Waals surface area contributed by atoms with Crippen LogP contribution < -0.4 is 0 Å². The Balaban J connectivity index is 1.74. The lowest BCUT2D eigenvalue weighted by Gasteiger charge is -2.38. The lowest BCUT2D eigenvalue weighted by molar-refractivity contribution is -0.183. The topological polar surface area (TPSA) is 64.6 Å². The van der Waals surface area contributed by atoms with Crippen molar-refractivity contribution < 1.29 is 14.3 Å². The molecule has 1 spiro atoms. The van der Waals surface area contributed by atoms with Crippen molar-refractivity contribution >= 4 is 17.5 Å². The van der Waals surface area contributed by atoms with E-state index in [2.05, 4.69) is 9.97 Å². The molecule has 0 saturated carbocycles. The van der Waals surface area contributed by atoms with E-state index in [0.29, 0.717) is 32.0 Å². The van der Waals surface area contributed by atoms with Gasteiger partial charge in [-0.25, -0.2) is 9.97 Å². The van der Waals surface area contributed by atoms with Crippen molar-refractivity contribution in [3.63, 3.8) is 0 Å². The second-order valence-corrected chi connectivity index (χ2v) is 5.05. The van der Waals surface area contributed by atoms with Gasteiger partial charge in [-0.1, -0.05) is 11.6 Å². The quantitative estimate of drug-likeness (QED) is 0.772. The van der Waals surface area contributed by atoms with Gasteiger partial charge in [0.15, 0.2) is 5.79 Å². The molecule has 0 radical (unpaired) electrons. The molecule has 19 heavy (non-hydrogen) atoms. The fourth-order valence-electron chi connectivity index (χ4n) is 2.48. The lowest BCUT2D eigenvalue weighted by Crippen LogP contribution is -2.51. The molecule has 2 aliphatic rings. The number of piperidine rings is 1. The normalized spacial score (nSPS) is 21.8. The third-order valence-electron chi connectivity index (χ3n) is 3.36. The van der Waals surface area contributed by atoms with Crippen molar-refractivity contribution in [3.8, 4) is 0 Å². The predicted molar refractivity (Wildman–Crippen MR) is 66.8 cm³/mol. The highest BCUT2D eigenvalue weighted by Gasteiger charge is 2.42. The van der Waals surface area contributed by atoms with Crippen molar-refractivity contribution in [1.29, 1.82) is 0 Å². The summed E-state index contributed by atoms with van der Waals surface area (Å²) >= 11 is 5.66. The molecule has 0 aromatic carbocycles. The van der Waals surface area contributed by atoms with Gasteiger partial charge < -0.3 is 14.4 Å². The van der Waals surface area contributed by atoms with Gasteiger partial charge in [0, 0.05) is 13.0 Å². The number of ether oxygens (including phenoxy) is 2. The first kappa shape index (κ1) is 12.8. The minimum atomic E-state index is -0.617. The van der Waals surface area contributed by atoms with Crippen molar-refractivity contribution in [3.05, 3.63) is 23.2 Å². The Kier molecular flexibility index (Phi) is 3.38. The molecule has 0 unspecified atom stereocenters. The van der Waals surface area contributed by atoms with Crippen molar-refractivity contribution in [2.75, 3.05) is 26.3 Å². The summed E-state index contributed by atoms with van der Waals surface area (Å²) in [6.07, 6.45) is 4.44. The van der Waals surface area contributed by atoms with E-state index in [1.807, 2.05) is 0 Å². The maximum absolute atomic E-state index is 12.3. The molecular weight excluding hydrogens is 270 g/mol. The van der Waals surface area contributed by atoms with Gasteiger partial charge in [-0.3, -0.25) is 4.79 Å². The van der Waals surface area contributed by atoms with Crippen LogP contribution in [0.25, 0.3) is 0 Å². The highest BCUT2D eigenvalue weighted by atomic mass is 35.5. The van der Waals surface area contributed by atoms with Gasteiger partial charge in [0.25, 0.3) is 5.91 Å². The number of nitrogens with zero attached hydrogens (tertiary/aromatic N) is 3. The van der Waals surface area contributed by atoms with Gasteiger partial charge >= 0.3 is 0 Å². The molecule has 1 aromatic rings. The Morgan fingerprint density at radius 2 is 2.11 bits per heavy atom. The molecule has 6 nitrogen and oxygen atoms in total. The van der Waals surface area contributed by atoms with Gasteiger partial charge in [-0.15, -0.1) is 0 Å². The highest BCUT2D eigenvalue weighted by Crippen LogP contribution is 2.30. The molecule has 2 aliphatic heterocycles. The smallest absolute Gasteiger partial charge is 0.274 e. The summed E-state index contributed by atoms with van der Waals surface area (Å²) in [6.45, 7) is 2.29. The number of likely N-dealkylation sites (tertiary alicyclic amines) is 1. The molecule has 1 aromatic heterocycles. The monoisotopic (exact) mass is 283 g/mol. The summed E-state index contributed by atoms with van der Waals surface area (Å²) in [5.74, 6) is -0.782. The summed E-state index contributed by atoms with van der Waals surface area (Å²) in [4.78, 5) is 21.9. The Labute approximate surface area is 115 Å². The van der Waals surface area contributed by atoms with Gasteiger partial charge in [0.05, 0.1) is 32.2 Å². The van der Waals surface area contributed by atoms with Crippen LogP contribution in [0, 0.1) is 0 Å². The van der Waals surface area contributed by atoms with Crippen LogP contribution in [0.3, 0.4) is 0 Å². The van der Waals surface area contributed by atoms with Crippen LogP contribution in [0.5, 0.6) is 0 Å². The molecule has 7 heteroatoms. The van der Waals surface area contributed by atoms with Gasteiger partial charge in [-0.2, -0.15) is 0 Å². The highest BCUT2D eigenvalue weighted by molar-refractivity contribution is 6.29. The van der Waals surface area contributed by atoms with Crippen LogP contribution in [0.15, 0.2) is 12.4 Å². The van der Waals surface area contributed by atoms with Crippen LogP contribution in [0.4, 0.5) is 0 Å². The van der Waals surface area contributed by atoms with E-state index in [1.165, 1.54) is 12.4 Å². The Morgan fingerprint density at radius 1 is 1.32 bits per heavy atom. The molecule has 3 heterocycles. The Bertz CT molecular complexity index is 474.